The maximum absolute atomic E-state index is 12.6. The minimum absolute atomic E-state index is 0.202. The first-order chi connectivity index (χ1) is 12.3. The van der Waals surface area contributed by atoms with E-state index in [4.69, 9.17) is 6.42 Å². The molecule has 0 N–H and O–H groups in total. The highest BCUT2D eigenvalue weighted by atomic mass is 32.2. The van der Waals surface area contributed by atoms with Crippen molar-refractivity contribution < 1.29 is 13.2 Å². The van der Waals surface area contributed by atoms with Crippen LogP contribution in [0.5, 0.6) is 0 Å². The molecule has 0 spiro atoms. The zero-order chi connectivity index (χ0) is 18.9. The lowest BCUT2D eigenvalue weighted by Gasteiger charge is -2.28. The first-order valence-electron chi connectivity index (χ1n) is 8.37. The molecule has 138 valence electrons. The molecule has 0 radical (unpaired) electrons. The predicted octanol–water partition coefficient (Wildman–Crippen LogP) is 1.74. The SMILES string of the molecule is C#CCn1c(=NC(=O)C2CCN(S(C)(=O)=O)CC2)sc2cc(C)ccc21. The summed E-state index contributed by atoms with van der Waals surface area (Å²) in [6.45, 7) is 3.09. The van der Waals surface area contributed by atoms with E-state index in [2.05, 4.69) is 17.0 Å². The van der Waals surface area contributed by atoms with Crippen molar-refractivity contribution in [1.29, 1.82) is 0 Å². The Hall–Kier alpha value is -1.95. The Labute approximate surface area is 157 Å². The van der Waals surface area contributed by atoms with Crippen LogP contribution in [-0.4, -0.2) is 42.5 Å². The Morgan fingerprint density at radius 3 is 2.69 bits per heavy atom. The predicted molar refractivity (Wildman–Crippen MR) is 103 cm³/mol. The topological polar surface area (TPSA) is 71.7 Å². The number of benzene rings is 1. The Morgan fingerprint density at radius 2 is 2.08 bits per heavy atom. The Balaban J connectivity index is 1.89. The highest BCUT2D eigenvalue weighted by Gasteiger charge is 2.28. The van der Waals surface area contributed by atoms with Crippen LogP contribution in [0.25, 0.3) is 10.2 Å². The number of amides is 1. The molecule has 0 bridgehead atoms. The Kier molecular flexibility index (Phi) is 5.32. The van der Waals surface area contributed by atoms with Crippen LogP contribution in [0, 0.1) is 25.2 Å². The summed E-state index contributed by atoms with van der Waals surface area (Å²) in [6.07, 6.45) is 7.67. The smallest absolute Gasteiger partial charge is 0.251 e. The molecule has 1 amide bonds. The summed E-state index contributed by atoms with van der Waals surface area (Å²) in [6, 6.07) is 6.06. The number of carbonyl (C=O) groups is 1. The summed E-state index contributed by atoms with van der Waals surface area (Å²) in [5.41, 5.74) is 2.11. The maximum atomic E-state index is 12.6. The third-order valence-corrected chi connectivity index (χ3v) is 6.91. The molecule has 1 aromatic heterocycles. The van der Waals surface area contributed by atoms with Crippen molar-refractivity contribution in [3.63, 3.8) is 0 Å². The van der Waals surface area contributed by atoms with Crippen molar-refractivity contribution >= 4 is 37.5 Å². The van der Waals surface area contributed by atoms with Gasteiger partial charge < -0.3 is 4.57 Å². The lowest BCUT2D eigenvalue weighted by atomic mass is 9.98. The number of terminal acetylenes is 1. The first kappa shape index (κ1) is 18.8. The van der Waals surface area contributed by atoms with Crippen LogP contribution in [0.15, 0.2) is 23.2 Å². The standard InChI is InChI=1S/C18H21N3O3S2/c1-4-9-21-15-6-5-13(2)12-16(15)25-18(21)19-17(22)14-7-10-20(11-8-14)26(3,23)24/h1,5-6,12,14H,7-11H2,2-3H3. The van der Waals surface area contributed by atoms with Crippen molar-refractivity contribution in [2.75, 3.05) is 19.3 Å². The van der Waals surface area contributed by atoms with Crippen LogP contribution >= 0.6 is 11.3 Å². The van der Waals surface area contributed by atoms with Crippen LogP contribution in [0.2, 0.25) is 0 Å². The number of sulfonamides is 1. The van der Waals surface area contributed by atoms with E-state index in [0.717, 1.165) is 15.8 Å². The molecular formula is C18H21N3O3S2. The third kappa shape index (κ3) is 3.90. The second-order valence-corrected chi connectivity index (χ2v) is 9.52. The van der Waals surface area contributed by atoms with Crippen LogP contribution in [0.4, 0.5) is 0 Å². The largest absolute Gasteiger partial charge is 0.305 e. The van der Waals surface area contributed by atoms with E-state index >= 15 is 0 Å². The van der Waals surface area contributed by atoms with Crippen LogP contribution in [-0.2, 0) is 21.4 Å². The van der Waals surface area contributed by atoms with E-state index in [1.54, 1.807) is 0 Å². The second kappa shape index (κ2) is 7.35. The van der Waals surface area contributed by atoms with E-state index in [-0.39, 0.29) is 11.8 Å². The average Bonchev–Trinajstić information content (AvgIpc) is 2.91. The molecule has 1 aliphatic heterocycles. The fourth-order valence-corrected chi connectivity index (χ4v) is 5.14. The van der Waals surface area contributed by atoms with Gasteiger partial charge in [-0.3, -0.25) is 4.79 Å². The molecular weight excluding hydrogens is 370 g/mol. The average molecular weight is 392 g/mol. The van der Waals surface area contributed by atoms with Gasteiger partial charge in [-0.25, -0.2) is 12.7 Å². The number of rotatable bonds is 3. The fraction of sp³-hybridized carbons (Fsp3) is 0.444. The molecule has 1 aliphatic rings. The Morgan fingerprint density at radius 1 is 1.38 bits per heavy atom. The minimum Gasteiger partial charge on any atom is -0.305 e. The zero-order valence-corrected chi connectivity index (χ0v) is 16.4. The molecule has 0 unspecified atom stereocenters. The molecule has 8 heteroatoms. The normalized spacial score (nSPS) is 17.5. The van der Waals surface area contributed by atoms with Gasteiger partial charge in [-0.1, -0.05) is 23.3 Å². The van der Waals surface area contributed by atoms with Gasteiger partial charge in [0.05, 0.1) is 23.0 Å². The highest BCUT2D eigenvalue weighted by Crippen LogP contribution is 2.22. The van der Waals surface area contributed by atoms with Gasteiger partial charge in [0, 0.05) is 19.0 Å². The number of hydrogen-bond acceptors (Lipinski definition) is 4. The van der Waals surface area contributed by atoms with Gasteiger partial charge in [0.2, 0.25) is 10.0 Å². The second-order valence-electron chi connectivity index (χ2n) is 6.53. The number of aromatic nitrogens is 1. The van der Waals surface area contributed by atoms with E-state index in [9.17, 15) is 13.2 Å². The number of hydrogen-bond donors (Lipinski definition) is 0. The van der Waals surface area contributed by atoms with E-state index in [1.165, 1.54) is 21.9 Å². The summed E-state index contributed by atoms with van der Waals surface area (Å²) in [5.74, 6) is 2.17. The molecule has 0 aliphatic carbocycles. The van der Waals surface area contributed by atoms with E-state index < -0.39 is 10.0 Å². The number of fused-ring (bicyclic) bond motifs is 1. The van der Waals surface area contributed by atoms with Gasteiger partial charge in [-0.2, -0.15) is 4.99 Å². The number of aryl methyl sites for hydroxylation is 1. The van der Waals surface area contributed by atoms with Gasteiger partial charge in [0.25, 0.3) is 5.91 Å². The number of nitrogens with zero attached hydrogens (tertiary/aromatic N) is 3. The molecule has 2 aromatic rings. The molecule has 6 nitrogen and oxygen atoms in total. The van der Waals surface area contributed by atoms with Crippen LogP contribution in [0.1, 0.15) is 18.4 Å². The van der Waals surface area contributed by atoms with Gasteiger partial charge in [-0.15, -0.1) is 6.42 Å². The maximum Gasteiger partial charge on any atom is 0.251 e. The van der Waals surface area contributed by atoms with Crippen LogP contribution < -0.4 is 4.80 Å². The first-order valence-corrected chi connectivity index (χ1v) is 11.0. The Bertz CT molecular complexity index is 1050. The molecule has 26 heavy (non-hydrogen) atoms. The lowest BCUT2D eigenvalue weighted by molar-refractivity contribution is -0.122. The quantitative estimate of drug-likeness (QED) is 0.749. The zero-order valence-electron chi connectivity index (χ0n) is 14.8. The van der Waals surface area contributed by atoms with Gasteiger partial charge in [0.1, 0.15) is 0 Å². The monoisotopic (exact) mass is 391 g/mol. The van der Waals surface area contributed by atoms with Crippen molar-refractivity contribution in [2.45, 2.75) is 26.3 Å². The van der Waals surface area contributed by atoms with Crippen molar-refractivity contribution in [3.8, 4) is 12.3 Å². The summed E-state index contributed by atoms with van der Waals surface area (Å²) in [5, 5.41) is 0. The molecule has 2 heterocycles. The van der Waals surface area contributed by atoms with Crippen molar-refractivity contribution in [3.05, 3.63) is 28.6 Å². The summed E-state index contributed by atoms with van der Waals surface area (Å²) < 4.78 is 27.5. The number of thiazole rings is 1. The third-order valence-electron chi connectivity index (χ3n) is 4.57. The summed E-state index contributed by atoms with van der Waals surface area (Å²) >= 11 is 1.45. The highest BCUT2D eigenvalue weighted by molar-refractivity contribution is 7.88. The minimum atomic E-state index is -3.20. The van der Waals surface area contributed by atoms with Crippen molar-refractivity contribution in [1.82, 2.24) is 8.87 Å². The summed E-state index contributed by atoms with van der Waals surface area (Å²) in [7, 11) is -3.20. The molecule has 3 rings (SSSR count). The fourth-order valence-electron chi connectivity index (χ4n) is 3.13. The summed E-state index contributed by atoms with van der Waals surface area (Å²) in [4.78, 5) is 17.6. The lowest BCUT2D eigenvalue weighted by Crippen LogP contribution is -2.39. The van der Waals surface area contributed by atoms with Crippen molar-refractivity contribution in [2.24, 2.45) is 10.9 Å². The molecule has 1 saturated heterocycles. The molecule has 0 atom stereocenters. The molecule has 1 fully saturated rings. The van der Waals surface area contributed by atoms with Gasteiger partial charge in [-0.05, 0) is 37.5 Å². The number of carbonyl (C=O) groups excluding carboxylic acids is 1. The van der Waals surface area contributed by atoms with Gasteiger partial charge >= 0.3 is 0 Å². The van der Waals surface area contributed by atoms with Gasteiger partial charge in [0.15, 0.2) is 4.80 Å². The molecule has 0 saturated carbocycles. The molecule has 1 aromatic carbocycles. The van der Waals surface area contributed by atoms with E-state index in [0.29, 0.717) is 37.3 Å². The van der Waals surface area contributed by atoms with E-state index in [1.807, 2.05) is 23.6 Å². The van der Waals surface area contributed by atoms with Crippen LogP contribution in [0.3, 0.4) is 0 Å². The number of piperidine rings is 1.